The third-order valence-electron chi connectivity index (χ3n) is 4.09. The lowest BCUT2D eigenvalue weighted by molar-refractivity contribution is -0.115. The fraction of sp³-hybridized carbons (Fsp3) is 0.190. The SMILES string of the molecule is Cc1ccc(NC(=O)C(C)Sc2nc(-c3ccccc3)cc(=O)[nH]2)c(C)c1. The van der Waals surface area contributed by atoms with Crippen molar-refractivity contribution in [1.29, 1.82) is 0 Å². The average molecular weight is 379 g/mol. The normalized spacial score (nSPS) is 11.8. The molecule has 3 rings (SSSR count). The van der Waals surface area contributed by atoms with E-state index in [4.69, 9.17) is 0 Å². The molecule has 0 saturated heterocycles. The number of anilines is 1. The van der Waals surface area contributed by atoms with Crippen LogP contribution in [0.3, 0.4) is 0 Å². The van der Waals surface area contributed by atoms with Gasteiger partial charge in [0.15, 0.2) is 5.16 Å². The van der Waals surface area contributed by atoms with Crippen molar-refractivity contribution in [3.8, 4) is 11.3 Å². The van der Waals surface area contributed by atoms with Crippen molar-refractivity contribution in [2.24, 2.45) is 0 Å². The Morgan fingerprint density at radius 3 is 2.56 bits per heavy atom. The van der Waals surface area contributed by atoms with Gasteiger partial charge in [-0.25, -0.2) is 4.98 Å². The molecule has 1 unspecified atom stereocenters. The summed E-state index contributed by atoms with van der Waals surface area (Å²) in [5.74, 6) is -0.139. The number of thioether (sulfide) groups is 1. The number of aryl methyl sites for hydroxylation is 2. The fourth-order valence-corrected chi connectivity index (χ4v) is 3.47. The van der Waals surface area contributed by atoms with E-state index in [-0.39, 0.29) is 11.5 Å². The van der Waals surface area contributed by atoms with Crippen LogP contribution in [0.25, 0.3) is 11.3 Å². The van der Waals surface area contributed by atoms with Crippen molar-refractivity contribution in [2.75, 3.05) is 5.32 Å². The van der Waals surface area contributed by atoms with E-state index in [1.165, 1.54) is 17.8 Å². The number of aromatic amines is 1. The Bertz CT molecular complexity index is 1020. The highest BCUT2D eigenvalue weighted by atomic mass is 32.2. The predicted octanol–water partition coefficient (Wildman–Crippen LogP) is 4.17. The zero-order chi connectivity index (χ0) is 19.4. The molecular formula is C21H21N3O2S. The molecule has 6 heteroatoms. The van der Waals surface area contributed by atoms with Crippen molar-refractivity contribution in [3.63, 3.8) is 0 Å². The first kappa shape index (κ1) is 18.9. The predicted molar refractivity (Wildman–Crippen MR) is 110 cm³/mol. The number of aromatic nitrogens is 2. The summed E-state index contributed by atoms with van der Waals surface area (Å²) in [7, 11) is 0. The lowest BCUT2D eigenvalue weighted by Gasteiger charge is -2.14. The summed E-state index contributed by atoms with van der Waals surface area (Å²) < 4.78 is 0. The van der Waals surface area contributed by atoms with Crippen LogP contribution in [0.4, 0.5) is 5.69 Å². The molecule has 1 heterocycles. The van der Waals surface area contributed by atoms with Gasteiger partial charge in [-0.2, -0.15) is 0 Å². The van der Waals surface area contributed by atoms with E-state index in [1.807, 2.05) is 62.4 Å². The van der Waals surface area contributed by atoms with Gasteiger partial charge in [-0.3, -0.25) is 9.59 Å². The van der Waals surface area contributed by atoms with Crippen molar-refractivity contribution >= 4 is 23.4 Å². The lowest BCUT2D eigenvalue weighted by Crippen LogP contribution is -2.23. The largest absolute Gasteiger partial charge is 0.325 e. The summed E-state index contributed by atoms with van der Waals surface area (Å²) in [6, 6.07) is 16.8. The monoisotopic (exact) mass is 379 g/mol. The highest BCUT2D eigenvalue weighted by Gasteiger charge is 2.17. The molecule has 138 valence electrons. The zero-order valence-electron chi connectivity index (χ0n) is 15.4. The molecule has 0 aliphatic heterocycles. The Hall–Kier alpha value is -2.86. The van der Waals surface area contributed by atoms with Crippen LogP contribution in [0.15, 0.2) is 64.5 Å². The Labute approximate surface area is 162 Å². The summed E-state index contributed by atoms with van der Waals surface area (Å²) in [6.07, 6.45) is 0. The van der Waals surface area contributed by atoms with Crippen LogP contribution in [0.1, 0.15) is 18.1 Å². The van der Waals surface area contributed by atoms with Gasteiger partial charge in [0, 0.05) is 17.3 Å². The van der Waals surface area contributed by atoms with Gasteiger partial charge < -0.3 is 10.3 Å². The first-order valence-electron chi connectivity index (χ1n) is 8.64. The maximum atomic E-state index is 12.5. The van der Waals surface area contributed by atoms with E-state index in [0.717, 1.165) is 22.4 Å². The van der Waals surface area contributed by atoms with Crippen LogP contribution in [0.2, 0.25) is 0 Å². The molecule has 2 aromatic carbocycles. The van der Waals surface area contributed by atoms with Crippen molar-refractivity contribution in [1.82, 2.24) is 9.97 Å². The van der Waals surface area contributed by atoms with Crippen LogP contribution in [-0.2, 0) is 4.79 Å². The molecular weight excluding hydrogens is 358 g/mol. The first-order chi connectivity index (χ1) is 12.9. The Balaban J connectivity index is 1.75. The van der Waals surface area contributed by atoms with E-state index in [0.29, 0.717) is 10.9 Å². The van der Waals surface area contributed by atoms with Gasteiger partial charge in [0.25, 0.3) is 5.56 Å². The average Bonchev–Trinajstić information content (AvgIpc) is 2.64. The van der Waals surface area contributed by atoms with Crippen molar-refractivity contribution in [2.45, 2.75) is 31.2 Å². The van der Waals surface area contributed by atoms with E-state index in [2.05, 4.69) is 15.3 Å². The molecule has 2 N–H and O–H groups in total. The lowest BCUT2D eigenvalue weighted by atomic mass is 10.1. The standard InChI is InChI=1S/C21H21N3O2S/c1-13-9-10-17(14(2)11-13)22-20(26)15(3)27-21-23-18(12-19(25)24-21)16-7-5-4-6-8-16/h4-12,15H,1-3H3,(H,22,26)(H,23,24,25). The number of rotatable bonds is 5. The quantitative estimate of drug-likeness (QED) is 0.515. The van der Waals surface area contributed by atoms with Gasteiger partial charge in [0.2, 0.25) is 5.91 Å². The van der Waals surface area contributed by atoms with Gasteiger partial charge in [0.1, 0.15) is 0 Å². The molecule has 0 radical (unpaired) electrons. The smallest absolute Gasteiger partial charge is 0.252 e. The molecule has 0 spiro atoms. The Morgan fingerprint density at radius 2 is 1.85 bits per heavy atom. The number of amides is 1. The Morgan fingerprint density at radius 1 is 1.11 bits per heavy atom. The summed E-state index contributed by atoms with van der Waals surface area (Å²) in [6.45, 7) is 5.76. The molecule has 3 aromatic rings. The molecule has 27 heavy (non-hydrogen) atoms. The second-order valence-electron chi connectivity index (χ2n) is 6.37. The molecule has 0 aliphatic rings. The topological polar surface area (TPSA) is 74.8 Å². The van der Waals surface area contributed by atoms with Crippen molar-refractivity contribution < 1.29 is 4.79 Å². The van der Waals surface area contributed by atoms with Gasteiger partial charge in [-0.1, -0.05) is 59.8 Å². The fourth-order valence-electron chi connectivity index (χ4n) is 2.66. The molecule has 1 atom stereocenters. The summed E-state index contributed by atoms with van der Waals surface area (Å²) in [5.41, 5.74) is 4.15. The van der Waals surface area contributed by atoms with Crippen LogP contribution in [-0.4, -0.2) is 21.1 Å². The maximum absolute atomic E-state index is 12.5. The third-order valence-corrected chi connectivity index (χ3v) is 5.07. The molecule has 0 fully saturated rings. The number of carbonyl (C=O) groups is 1. The number of H-pyrrole nitrogens is 1. The number of carbonyl (C=O) groups excluding carboxylic acids is 1. The first-order valence-corrected chi connectivity index (χ1v) is 9.52. The van der Waals surface area contributed by atoms with Crippen LogP contribution in [0.5, 0.6) is 0 Å². The number of hydrogen-bond donors (Lipinski definition) is 2. The van der Waals surface area contributed by atoms with Gasteiger partial charge in [0.05, 0.1) is 10.9 Å². The molecule has 1 amide bonds. The summed E-state index contributed by atoms with van der Waals surface area (Å²) >= 11 is 1.22. The minimum Gasteiger partial charge on any atom is -0.325 e. The van der Waals surface area contributed by atoms with Gasteiger partial charge >= 0.3 is 0 Å². The van der Waals surface area contributed by atoms with Gasteiger partial charge in [-0.15, -0.1) is 0 Å². The zero-order valence-corrected chi connectivity index (χ0v) is 16.3. The van der Waals surface area contributed by atoms with E-state index in [9.17, 15) is 9.59 Å². The molecule has 0 bridgehead atoms. The number of nitrogens with zero attached hydrogens (tertiary/aromatic N) is 1. The second-order valence-corrected chi connectivity index (χ2v) is 7.70. The number of hydrogen-bond acceptors (Lipinski definition) is 4. The minimum atomic E-state index is -0.417. The van der Waals surface area contributed by atoms with Crippen molar-refractivity contribution in [3.05, 3.63) is 76.1 Å². The molecule has 0 aliphatic carbocycles. The Kier molecular flexibility index (Phi) is 5.76. The van der Waals surface area contributed by atoms with Gasteiger partial charge in [-0.05, 0) is 32.4 Å². The summed E-state index contributed by atoms with van der Waals surface area (Å²) in [4.78, 5) is 31.7. The second kappa shape index (κ2) is 8.22. The van der Waals surface area contributed by atoms with Crippen LogP contribution < -0.4 is 10.9 Å². The number of benzene rings is 2. The van der Waals surface area contributed by atoms with E-state index >= 15 is 0 Å². The third kappa shape index (κ3) is 4.86. The minimum absolute atomic E-state index is 0.139. The van der Waals surface area contributed by atoms with Crippen LogP contribution in [0, 0.1) is 13.8 Å². The number of nitrogens with one attached hydrogen (secondary N) is 2. The highest BCUT2D eigenvalue weighted by molar-refractivity contribution is 8.00. The highest BCUT2D eigenvalue weighted by Crippen LogP contribution is 2.24. The molecule has 1 aromatic heterocycles. The molecule has 5 nitrogen and oxygen atoms in total. The van der Waals surface area contributed by atoms with E-state index < -0.39 is 5.25 Å². The summed E-state index contributed by atoms with van der Waals surface area (Å²) in [5, 5.41) is 2.94. The van der Waals surface area contributed by atoms with E-state index in [1.54, 1.807) is 6.92 Å². The molecule has 0 saturated carbocycles. The maximum Gasteiger partial charge on any atom is 0.252 e. The van der Waals surface area contributed by atoms with Crippen LogP contribution >= 0.6 is 11.8 Å².